The highest BCUT2D eigenvalue weighted by Crippen LogP contribution is 1.95. The zero-order valence-electron chi connectivity index (χ0n) is 9.21. The van der Waals surface area contributed by atoms with Crippen LogP contribution in [-0.4, -0.2) is 36.4 Å². The van der Waals surface area contributed by atoms with Gasteiger partial charge in [0, 0.05) is 19.3 Å². The number of aliphatic hydroxyl groups excluding tert-OH is 1. The van der Waals surface area contributed by atoms with Crippen molar-refractivity contribution in [1.82, 2.24) is 0 Å². The molecular formula is C11H18O5. The molecule has 0 aliphatic carbocycles. The Bertz CT molecular complexity index is 183. The van der Waals surface area contributed by atoms with Gasteiger partial charge < -0.3 is 24.3 Å². The third kappa shape index (κ3) is 18.4. The first-order chi connectivity index (χ1) is 7.72. The lowest BCUT2D eigenvalue weighted by atomic mass is 10.2. The summed E-state index contributed by atoms with van der Waals surface area (Å²) in [5.74, 6) is 0. The van der Waals surface area contributed by atoms with Gasteiger partial charge in [-0.15, -0.1) is 0 Å². The minimum absolute atomic E-state index is 0.391. The summed E-state index contributed by atoms with van der Waals surface area (Å²) in [6, 6.07) is 0. The van der Waals surface area contributed by atoms with Crippen LogP contribution in [0.25, 0.3) is 0 Å². The fraction of sp³-hybridized carbons (Fsp3) is 0.636. The Morgan fingerprint density at radius 2 is 1.25 bits per heavy atom. The van der Waals surface area contributed by atoms with E-state index in [-0.39, 0.29) is 0 Å². The second kappa shape index (κ2) is 16.1. The van der Waals surface area contributed by atoms with Crippen LogP contribution in [0.3, 0.4) is 0 Å². The average Bonchev–Trinajstić information content (AvgIpc) is 2.31. The summed E-state index contributed by atoms with van der Waals surface area (Å²) >= 11 is 0. The molecule has 0 aromatic heterocycles. The molecule has 1 N–H and O–H groups in total. The number of unbranched alkanes of at least 4 members (excludes halogenated alkanes) is 3. The summed E-state index contributed by atoms with van der Waals surface area (Å²) in [6.07, 6.45) is 5.14. The molecule has 0 saturated heterocycles. The lowest BCUT2D eigenvalue weighted by molar-refractivity contribution is -0.115. The molecule has 1 unspecified atom stereocenters. The molecule has 0 aliphatic heterocycles. The molecule has 1 atom stereocenters. The lowest BCUT2D eigenvalue weighted by Gasteiger charge is -1.97. The van der Waals surface area contributed by atoms with Gasteiger partial charge in [0.15, 0.2) is 0 Å². The summed E-state index contributed by atoms with van der Waals surface area (Å²) in [5, 5.41) is 8.60. The van der Waals surface area contributed by atoms with Crippen molar-refractivity contribution in [2.24, 2.45) is 0 Å². The molecule has 0 fully saturated rings. The van der Waals surface area contributed by atoms with Gasteiger partial charge in [-0.3, -0.25) is 0 Å². The van der Waals surface area contributed by atoms with E-state index < -0.39 is 6.10 Å². The van der Waals surface area contributed by atoms with Crippen molar-refractivity contribution < 1.29 is 24.3 Å². The Morgan fingerprint density at radius 3 is 1.62 bits per heavy atom. The minimum Gasteiger partial charge on any atom is -0.386 e. The second-order valence-corrected chi connectivity index (χ2v) is 3.07. The summed E-state index contributed by atoms with van der Waals surface area (Å²) < 4.78 is 0. The maximum absolute atomic E-state index is 9.76. The van der Waals surface area contributed by atoms with Crippen LogP contribution in [0.5, 0.6) is 0 Å². The summed E-state index contributed by atoms with van der Waals surface area (Å²) in [5.41, 5.74) is 0. The highest BCUT2D eigenvalue weighted by Gasteiger charge is 1.98. The van der Waals surface area contributed by atoms with Crippen molar-refractivity contribution in [2.75, 3.05) is 0 Å². The lowest BCUT2D eigenvalue weighted by Crippen LogP contribution is -2.06. The fourth-order valence-corrected chi connectivity index (χ4v) is 0.763. The van der Waals surface area contributed by atoms with Gasteiger partial charge >= 0.3 is 0 Å². The van der Waals surface area contributed by atoms with Crippen LogP contribution in [0.15, 0.2) is 0 Å². The number of hydrogen-bond donors (Lipinski definition) is 1. The number of hydrogen-bond acceptors (Lipinski definition) is 5. The van der Waals surface area contributed by atoms with E-state index in [0.717, 1.165) is 18.9 Å². The van der Waals surface area contributed by atoms with E-state index in [4.69, 9.17) is 5.11 Å². The van der Waals surface area contributed by atoms with E-state index in [1.807, 2.05) is 0 Å². The van der Waals surface area contributed by atoms with E-state index in [9.17, 15) is 19.2 Å². The standard InChI is InChI=1S/C6H10O3.C5H8O2/c7-4-2-1-3-6(9)5-8;6-4-2-1-3-5-7/h4-6,9H,1-3H2;4-5H,1-3H2. The molecule has 0 spiro atoms. The molecule has 0 radical (unpaired) electrons. The van der Waals surface area contributed by atoms with Crippen molar-refractivity contribution in [2.45, 2.75) is 44.6 Å². The topological polar surface area (TPSA) is 88.5 Å². The molecule has 0 bridgehead atoms. The van der Waals surface area contributed by atoms with Crippen LogP contribution in [0.4, 0.5) is 0 Å². The Hall–Kier alpha value is -1.36. The van der Waals surface area contributed by atoms with Gasteiger partial charge in [0.05, 0.1) is 0 Å². The van der Waals surface area contributed by atoms with Crippen molar-refractivity contribution in [3.05, 3.63) is 0 Å². The van der Waals surface area contributed by atoms with E-state index >= 15 is 0 Å². The van der Waals surface area contributed by atoms with Gasteiger partial charge in [0.1, 0.15) is 31.2 Å². The Kier molecular flexibility index (Phi) is 17.1. The van der Waals surface area contributed by atoms with Gasteiger partial charge in [-0.05, 0) is 19.3 Å². The SMILES string of the molecule is O=CCCCC(O)C=O.O=CCCCC=O. The molecule has 0 heterocycles. The van der Waals surface area contributed by atoms with Crippen LogP contribution in [0.2, 0.25) is 0 Å². The van der Waals surface area contributed by atoms with Gasteiger partial charge in [-0.1, -0.05) is 0 Å². The number of carbonyl (C=O) groups excluding carboxylic acids is 4. The first-order valence-corrected chi connectivity index (χ1v) is 5.17. The van der Waals surface area contributed by atoms with Crippen molar-refractivity contribution >= 4 is 25.1 Å². The molecule has 0 rings (SSSR count). The molecule has 92 valence electrons. The molecule has 16 heavy (non-hydrogen) atoms. The number of aliphatic hydroxyl groups is 1. The fourth-order valence-electron chi connectivity index (χ4n) is 0.763. The zero-order chi connectivity index (χ0) is 12.6. The normalized spacial score (nSPS) is 10.6. The van der Waals surface area contributed by atoms with Gasteiger partial charge in [-0.2, -0.15) is 0 Å². The van der Waals surface area contributed by atoms with Crippen molar-refractivity contribution in [3.8, 4) is 0 Å². The monoisotopic (exact) mass is 230 g/mol. The largest absolute Gasteiger partial charge is 0.386 e. The minimum atomic E-state index is -0.884. The third-order valence-corrected chi connectivity index (χ3v) is 1.62. The van der Waals surface area contributed by atoms with Crippen molar-refractivity contribution in [1.29, 1.82) is 0 Å². The van der Waals surface area contributed by atoms with Crippen LogP contribution < -0.4 is 0 Å². The molecule has 0 amide bonds. The quantitative estimate of drug-likeness (QED) is 0.459. The first-order valence-electron chi connectivity index (χ1n) is 5.17. The van der Waals surface area contributed by atoms with Crippen LogP contribution in [-0.2, 0) is 19.2 Å². The highest BCUT2D eigenvalue weighted by molar-refractivity contribution is 5.55. The van der Waals surface area contributed by atoms with Gasteiger partial charge in [0.25, 0.3) is 0 Å². The van der Waals surface area contributed by atoms with E-state index in [1.54, 1.807) is 0 Å². The molecule has 0 aromatic rings. The summed E-state index contributed by atoms with van der Waals surface area (Å²) in [7, 11) is 0. The van der Waals surface area contributed by atoms with E-state index in [0.29, 0.717) is 44.8 Å². The van der Waals surface area contributed by atoms with Crippen LogP contribution in [0.1, 0.15) is 38.5 Å². The Morgan fingerprint density at radius 1 is 0.812 bits per heavy atom. The molecule has 0 aromatic carbocycles. The number of rotatable bonds is 9. The smallest absolute Gasteiger partial charge is 0.148 e. The van der Waals surface area contributed by atoms with Crippen molar-refractivity contribution in [3.63, 3.8) is 0 Å². The molecule has 5 nitrogen and oxygen atoms in total. The second-order valence-electron chi connectivity index (χ2n) is 3.07. The molecule has 0 aliphatic rings. The number of carbonyl (C=O) groups is 4. The Labute approximate surface area is 94.8 Å². The molecular weight excluding hydrogens is 212 g/mol. The summed E-state index contributed by atoms with van der Waals surface area (Å²) in [6.45, 7) is 0. The Balaban J connectivity index is 0. The van der Waals surface area contributed by atoms with Gasteiger partial charge in [-0.25, -0.2) is 0 Å². The predicted octanol–water partition coefficient (Wildman–Crippen LogP) is 0.470. The van der Waals surface area contributed by atoms with E-state index in [1.165, 1.54) is 0 Å². The summed E-state index contributed by atoms with van der Waals surface area (Å²) in [4.78, 5) is 38.6. The zero-order valence-corrected chi connectivity index (χ0v) is 9.21. The predicted molar refractivity (Wildman–Crippen MR) is 58.0 cm³/mol. The highest BCUT2D eigenvalue weighted by atomic mass is 16.3. The van der Waals surface area contributed by atoms with Crippen LogP contribution in [0, 0.1) is 0 Å². The average molecular weight is 230 g/mol. The number of aldehydes is 4. The molecule has 5 heteroatoms. The third-order valence-electron chi connectivity index (χ3n) is 1.62. The molecule has 0 saturated carbocycles. The van der Waals surface area contributed by atoms with Crippen LogP contribution >= 0.6 is 0 Å². The first kappa shape index (κ1) is 17.0. The maximum atomic E-state index is 9.76. The maximum Gasteiger partial charge on any atom is 0.148 e. The van der Waals surface area contributed by atoms with Gasteiger partial charge in [0.2, 0.25) is 0 Å². The van der Waals surface area contributed by atoms with E-state index in [2.05, 4.69) is 0 Å².